The Balaban J connectivity index is 2.67. The van der Waals surface area contributed by atoms with Gasteiger partial charge in [-0.2, -0.15) is 0 Å². The predicted octanol–water partition coefficient (Wildman–Crippen LogP) is -1.25. The molecular weight excluding hydrogens is 272 g/mol. The molecule has 1 aliphatic heterocycles. The molecule has 0 aromatic rings. The van der Waals surface area contributed by atoms with Crippen molar-refractivity contribution in [1.82, 2.24) is 0 Å². The summed E-state index contributed by atoms with van der Waals surface area (Å²) in [5.41, 5.74) is 0. The molecule has 0 aromatic carbocycles. The third kappa shape index (κ3) is 2.88. The number of hydrogen-bond donors (Lipinski definition) is 3. The molecule has 0 aliphatic carbocycles. The van der Waals surface area contributed by atoms with Gasteiger partial charge in [0.1, 0.15) is 18.3 Å². The minimum absolute atomic E-state index is 0.459. The van der Waals surface area contributed by atoms with Crippen LogP contribution in [0.4, 0.5) is 0 Å². The molecule has 0 spiro atoms. The van der Waals surface area contributed by atoms with Crippen molar-refractivity contribution >= 4 is 21.9 Å². The first-order chi connectivity index (χ1) is 7.51. The highest BCUT2D eigenvalue weighted by Crippen LogP contribution is 2.26. The summed E-state index contributed by atoms with van der Waals surface area (Å²) in [7, 11) is 0. The second kappa shape index (κ2) is 5.22. The molecule has 3 N–H and O–H groups in total. The lowest BCUT2D eigenvalue weighted by Gasteiger charge is -2.39. The Labute approximate surface area is 96.3 Å². The SMILES string of the molecule is [2H]CC(=O)O[C@H]1C(Br)O[C@H](CO)[C@@H](O)[C@@H]1O. The van der Waals surface area contributed by atoms with Gasteiger partial charge in [0.25, 0.3) is 0 Å². The molecule has 0 saturated carbocycles. The van der Waals surface area contributed by atoms with Crippen molar-refractivity contribution in [3.63, 3.8) is 0 Å². The molecule has 6 nitrogen and oxygen atoms in total. The van der Waals surface area contributed by atoms with Gasteiger partial charge >= 0.3 is 5.97 Å². The molecule has 0 radical (unpaired) electrons. The largest absolute Gasteiger partial charge is 0.456 e. The van der Waals surface area contributed by atoms with Gasteiger partial charge in [-0.15, -0.1) is 0 Å². The molecule has 1 heterocycles. The monoisotopic (exact) mass is 285 g/mol. The molecule has 1 unspecified atom stereocenters. The summed E-state index contributed by atoms with van der Waals surface area (Å²) in [5.74, 6) is -0.827. The quantitative estimate of drug-likeness (QED) is 0.434. The van der Waals surface area contributed by atoms with E-state index in [2.05, 4.69) is 15.9 Å². The number of alkyl halides is 1. The van der Waals surface area contributed by atoms with Crippen LogP contribution in [0, 0.1) is 0 Å². The number of carbonyl (C=O) groups excluding carboxylic acids is 1. The molecule has 88 valence electrons. The number of halogens is 1. The minimum Gasteiger partial charge on any atom is -0.456 e. The van der Waals surface area contributed by atoms with E-state index in [1.54, 1.807) is 0 Å². The highest BCUT2D eigenvalue weighted by molar-refractivity contribution is 9.09. The number of hydrogen-bond acceptors (Lipinski definition) is 6. The molecule has 0 amide bonds. The van der Waals surface area contributed by atoms with E-state index in [0.29, 0.717) is 0 Å². The van der Waals surface area contributed by atoms with Gasteiger partial charge in [0.05, 0.1) is 6.61 Å². The lowest BCUT2D eigenvalue weighted by molar-refractivity contribution is -0.216. The zero-order valence-corrected chi connectivity index (χ0v) is 9.33. The van der Waals surface area contributed by atoms with Crippen molar-refractivity contribution in [2.24, 2.45) is 0 Å². The highest BCUT2D eigenvalue weighted by Gasteiger charge is 2.45. The Morgan fingerprint density at radius 2 is 2.27 bits per heavy atom. The van der Waals surface area contributed by atoms with Gasteiger partial charge in [0, 0.05) is 8.27 Å². The molecular formula is C8H13BrO6. The zero-order valence-electron chi connectivity index (χ0n) is 8.75. The summed E-state index contributed by atoms with van der Waals surface area (Å²) in [6.07, 6.45) is -4.76. The van der Waals surface area contributed by atoms with Gasteiger partial charge in [0.2, 0.25) is 0 Å². The Morgan fingerprint density at radius 3 is 2.80 bits per heavy atom. The van der Waals surface area contributed by atoms with Crippen LogP contribution in [0.2, 0.25) is 0 Å². The molecule has 7 heteroatoms. The van der Waals surface area contributed by atoms with Crippen LogP contribution >= 0.6 is 15.9 Å². The van der Waals surface area contributed by atoms with E-state index in [1.807, 2.05) is 0 Å². The topological polar surface area (TPSA) is 96.2 Å². The summed E-state index contributed by atoms with van der Waals surface area (Å²) < 4.78 is 16.6. The van der Waals surface area contributed by atoms with E-state index >= 15 is 0 Å². The van der Waals surface area contributed by atoms with Crippen LogP contribution in [0.3, 0.4) is 0 Å². The van der Waals surface area contributed by atoms with Crippen molar-refractivity contribution in [3.05, 3.63) is 0 Å². The Kier molecular flexibility index (Phi) is 3.92. The maximum Gasteiger partial charge on any atom is 0.303 e. The van der Waals surface area contributed by atoms with Crippen LogP contribution in [0.25, 0.3) is 0 Å². The van der Waals surface area contributed by atoms with E-state index in [0.717, 1.165) is 0 Å². The maximum atomic E-state index is 10.9. The fraction of sp³-hybridized carbons (Fsp3) is 0.875. The van der Waals surface area contributed by atoms with E-state index in [-0.39, 0.29) is 0 Å². The fourth-order valence-corrected chi connectivity index (χ4v) is 2.02. The third-order valence-electron chi connectivity index (χ3n) is 2.08. The molecule has 15 heavy (non-hydrogen) atoms. The van der Waals surface area contributed by atoms with Gasteiger partial charge in [-0.05, 0) is 0 Å². The average molecular weight is 286 g/mol. The lowest BCUT2D eigenvalue weighted by Crippen LogP contribution is -2.58. The van der Waals surface area contributed by atoms with Gasteiger partial charge in [-0.1, -0.05) is 15.9 Å². The smallest absolute Gasteiger partial charge is 0.303 e. The van der Waals surface area contributed by atoms with Crippen LogP contribution in [-0.4, -0.2) is 57.3 Å². The van der Waals surface area contributed by atoms with Gasteiger partial charge in [-0.25, -0.2) is 0 Å². The normalized spacial score (nSPS) is 42.1. The first-order valence-electron chi connectivity index (χ1n) is 4.97. The van der Waals surface area contributed by atoms with Gasteiger partial charge in [-0.3, -0.25) is 4.79 Å². The summed E-state index contributed by atoms with van der Waals surface area (Å²) >= 11 is 3.02. The van der Waals surface area contributed by atoms with Crippen LogP contribution in [-0.2, 0) is 14.3 Å². The first kappa shape index (κ1) is 11.3. The van der Waals surface area contributed by atoms with Crippen molar-refractivity contribution in [1.29, 1.82) is 0 Å². The molecule has 0 aromatic heterocycles. The Hall–Kier alpha value is -0.210. The van der Waals surface area contributed by atoms with Gasteiger partial charge < -0.3 is 24.8 Å². The highest BCUT2D eigenvalue weighted by atomic mass is 79.9. The molecule has 1 aliphatic rings. The molecule has 1 saturated heterocycles. The summed E-state index contributed by atoms with van der Waals surface area (Å²) in [6.45, 7) is -1.04. The lowest BCUT2D eigenvalue weighted by atomic mass is 10.0. The number of carbonyl (C=O) groups is 1. The molecule has 1 fully saturated rings. The number of ether oxygens (including phenoxy) is 2. The van der Waals surface area contributed by atoms with Crippen LogP contribution in [0.5, 0.6) is 0 Å². The first-order valence-corrected chi connectivity index (χ1v) is 5.18. The second-order valence-electron chi connectivity index (χ2n) is 3.14. The summed E-state index contributed by atoms with van der Waals surface area (Å²) in [5, 5.41) is 27.2. The number of esters is 1. The molecule has 0 bridgehead atoms. The van der Waals surface area contributed by atoms with Crippen LogP contribution in [0.1, 0.15) is 8.27 Å². The Bertz CT molecular complexity index is 253. The Morgan fingerprint density at radius 1 is 1.60 bits per heavy atom. The third-order valence-corrected chi connectivity index (χ3v) is 2.81. The zero-order chi connectivity index (χ0) is 12.3. The minimum atomic E-state index is -1.37. The van der Waals surface area contributed by atoms with Crippen LogP contribution < -0.4 is 0 Å². The van der Waals surface area contributed by atoms with Crippen molar-refractivity contribution in [2.75, 3.05) is 6.61 Å². The van der Waals surface area contributed by atoms with Gasteiger partial charge in [0.15, 0.2) is 11.1 Å². The predicted molar refractivity (Wildman–Crippen MR) is 52.2 cm³/mol. The molecule has 1 rings (SSSR count). The van der Waals surface area contributed by atoms with Crippen LogP contribution in [0.15, 0.2) is 0 Å². The number of aliphatic hydroxyl groups is 3. The fourth-order valence-electron chi connectivity index (χ4n) is 1.32. The maximum absolute atomic E-state index is 10.9. The summed E-state index contributed by atoms with van der Waals surface area (Å²) in [4.78, 5) is 10.9. The van der Waals surface area contributed by atoms with E-state index in [4.69, 9.17) is 16.0 Å². The van der Waals surface area contributed by atoms with Crippen molar-refractivity contribution in [2.45, 2.75) is 36.3 Å². The number of aliphatic hydroxyl groups excluding tert-OH is 3. The number of rotatable bonds is 2. The second-order valence-corrected chi connectivity index (χ2v) is 4.05. The van der Waals surface area contributed by atoms with E-state index < -0.39 is 48.9 Å². The summed E-state index contributed by atoms with van der Waals surface area (Å²) in [6, 6.07) is 0. The van der Waals surface area contributed by atoms with E-state index in [1.165, 1.54) is 0 Å². The van der Waals surface area contributed by atoms with Crippen molar-refractivity contribution in [3.8, 4) is 0 Å². The van der Waals surface area contributed by atoms with E-state index in [9.17, 15) is 15.0 Å². The average Bonchev–Trinajstić information content (AvgIpc) is 2.28. The standard InChI is InChI=1S/C8H13BrO6/c1-3(11)14-7-6(13)5(12)4(2-10)15-8(7)9/h4-8,10,12-13H,2H2,1H3/t4-,5-,6+,7-,8?/m1/s1/i1D. The molecule has 5 atom stereocenters. The van der Waals surface area contributed by atoms with Crippen molar-refractivity contribution < 1.29 is 31.0 Å².